The van der Waals surface area contributed by atoms with Crippen molar-refractivity contribution in [3.8, 4) is 11.5 Å². The van der Waals surface area contributed by atoms with Gasteiger partial charge in [0, 0.05) is 0 Å². The molecule has 1 aromatic rings. The second-order valence-electron chi connectivity index (χ2n) is 2.90. The van der Waals surface area contributed by atoms with Crippen LogP contribution in [-0.2, 0) is 13.9 Å². The Labute approximate surface area is 99.7 Å². The Hall–Kier alpha value is -1.33. The zero-order valence-corrected chi connectivity index (χ0v) is 10.3. The minimum atomic E-state index is -1.18. The van der Waals surface area contributed by atoms with Crippen molar-refractivity contribution in [2.24, 2.45) is 0 Å². The molecule has 0 aliphatic heterocycles. The van der Waals surface area contributed by atoms with Gasteiger partial charge in [0.15, 0.2) is 0 Å². The van der Waals surface area contributed by atoms with Crippen LogP contribution in [0.5, 0.6) is 0 Å². The summed E-state index contributed by atoms with van der Waals surface area (Å²) in [6, 6.07) is 7.13. The molecule has 1 atom stereocenters. The molecule has 0 spiro atoms. The predicted octanol–water partition coefficient (Wildman–Crippen LogP) is 2.53. The second-order valence-corrected chi connectivity index (χ2v) is 3.67. The third kappa shape index (κ3) is 3.87. The van der Waals surface area contributed by atoms with Gasteiger partial charge in [0.05, 0.1) is 0 Å². The Balaban J connectivity index is 3.27. The molecular formula is C10H7NO4P2. The summed E-state index contributed by atoms with van der Waals surface area (Å²) < 4.78 is 20.9. The molecular weight excluding hydrogens is 260 g/mol. The molecule has 0 heterocycles. The number of hydrogen-bond acceptors (Lipinski definition) is 4. The van der Waals surface area contributed by atoms with E-state index in [1.165, 1.54) is 0 Å². The van der Waals surface area contributed by atoms with Crippen LogP contribution in [0, 0.1) is 11.5 Å². The first kappa shape index (κ1) is 13.7. The molecule has 0 saturated heterocycles. The summed E-state index contributed by atoms with van der Waals surface area (Å²) in [5.41, 5.74) is 0.451. The first-order valence-corrected chi connectivity index (χ1v) is 6.06. The van der Waals surface area contributed by atoms with E-state index in [9.17, 15) is 13.9 Å². The zero-order valence-electron chi connectivity index (χ0n) is 8.48. The van der Waals surface area contributed by atoms with Gasteiger partial charge in [-0.1, -0.05) is 0 Å². The average Bonchev–Trinajstić information content (AvgIpc) is 2.31. The standard InChI is InChI=1S/C10H7NO4P2/c12-10(13)9(8-4-2-1-3-5-8)11(6-16-14)7-17-15/h1-5,9H,(H,12,13). The van der Waals surface area contributed by atoms with Crippen molar-refractivity contribution < 1.29 is 19.0 Å². The van der Waals surface area contributed by atoms with Crippen molar-refractivity contribution in [1.29, 1.82) is 0 Å². The zero-order chi connectivity index (χ0) is 12.7. The van der Waals surface area contributed by atoms with Crippen LogP contribution in [0.1, 0.15) is 11.6 Å². The normalized spacial score (nSPS) is 11.1. The first-order chi connectivity index (χ1) is 8.20. The van der Waals surface area contributed by atoms with Crippen LogP contribution in [0.25, 0.3) is 0 Å². The van der Waals surface area contributed by atoms with E-state index in [0.717, 1.165) is 4.90 Å². The van der Waals surface area contributed by atoms with E-state index >= 15 is 0 Å². The fourth-order valence-electron chi connectivity index (χ4n) is 1.26. The maximum atomic E-state index is 11.2. The quantitative estimate of drug-likeness (QED) is 0.672. The van der Waals surface area contributed by atoms with Gasteiger partial charge in [-0.3, -0.25) is 0 Å². The van der Waals surface area contributed by atoms with Gasteiger partial charge in [0.25, 0.3) is 0 Å². The molecule has 0 aromatic heterocycles. The Bertz CT molecular complexity index is 577. The first-order valence-electron chi connectivity index (χ1n) is 4.43. The SMILES string of the molecule is O=P#CN(C#P=O)C(C(=O)O)c1ccccc1. The van der Waals surface area contributed by atoms with Crippen molar-refractivity contribution in [2.75, 3.05) is 0 Å². The fourth-order valence-corrected chi connectivity index (χ4v) is 1.85. The van der Waals surface area contributed by atoms with E-state index in [0.29, 0.717) is 5.56 Å². The van der Waals surface area contributed by atoms with E-state index in [2.05, 4.69) is 11.5 Å². The summed E-state index contributed by atoms with van der Waals surface area (Å²) in [5, 5.41) is 9.12. The molecule has 0 bridgehead atoms. The Morgan fingerprint density at radius 3 is 2.12 bits per heavy atom. The van der Waals surface area contributed by atoms with E-state index in [1.54, 1.807) is 30.3 Å². The van der Waals surface area contributed by atoms with E-state index in [1.807, 2.05) is 0 Å². The van der Waals surface area contributed by atoms with Crippen molar-refractivity contribution >= 4 is 21.8 Å². The number of rotatable bonds is 3. The number of benzene rings is 1. The molecule has 86 valence electrons. The van der Waals surface area contributed by atoms with Crippen LogP contribution < -0.4 is 0 Å². The van der Waals surface area contributed by atoms with Gasteiger partial charge in [-0.15, -0.1) is 0 Å². The monoisotopic (exact) mass is 267 g/mol. The topological polar surface area (TPSA) is 74.7 Å². The molecule has 0 aliphatic carbocycles. The van der Waals surface area contributed by atoms with Gasteiger partial charge in [-0.2, -0.15) is 0 Å². The van der Waals surface area contributed by atoms with Gasteiger partial charge in [0.2, 0.25) is 0 Å². The van der Waals surface area contributed by atoms with Crippen molar-refractivity contribution in [3.05, 3.63) is 35.9 Å². The predicted molar refractivity (Wildman–Crippen MR) is 61.6 cm³/mol. The van der Waals surface area contributed by atoms with E-state index in [4.69, 9.17) is 5.11 Å². The average molecular weight is 267 g/mol. The van der Waals surface area contributed by atoms with Crippen LogP contribution in [0.2, 0.25) is 0 Å². The van der Waals surface area contributed by atoms with Gasteiger partial charge < -0.3 is 0 Å². The van der Waals surface area contributed by atoms with Gasteiger partial charge in [0.1, 0.15) is 0 Å². The fraction of sp³-hybridized carbons (Fsp3) is 0.100. The van der Waals surface area contributed by atoms with Gasteiger partial charge in [-0.05, 0) is 0 Å². The third-order valence-electron chi connectivity index (χ3n) is 1.90. The molecule has 1 N–H and O–H groups in total. The van der Waals surface area contributed by atoms with Crippen LogP contribution >= 0.6 is 15.8 Å². The minimum absolute atomic E-state index is 0.451. The summed E-state index contributed by atoms with van der Waals surface area (Å²) in [6.45, 7) is 0. The number of nitrogens with zero attached hydrogens (tertiary/aromatic N) is 1. The van der Waals surface area contributed by atoms with Crippen molar-refractivity contribution in [2.45, 2.75) is 6.04 Å². The molecule has 0 fully saturated rings. The number of aliphatic carboxylic acids is 1. The van der Waals surface area contributed by atoms with Crippen molar-refractivity contribution in [1.82, 2.24) is 4.90 Å². The van der Waals surface area contributed by atoms with Crippen LogP contribution in [0.3, 0.4) is 0 Å². The Morgan fingerprint density at radius 1 is 1.18 bits per heavy atom. The summed E-state index contributed by atoms with van der Waals surface area (Å²) in [4.78, 5) is 12.0. The molecule has 0 aliphatic rings. The number of carbonyl (C=O) groups is 1. The molecule has 1 unspecified atom stereocenters. The second kappa shape index (κ2) is 7.09. The summed E-state index contributed by atoms with van der Waals surface area (Å²) in [7, 11) is -1.02. The molecule has 5 nitrogen and oxygen atoms in total. The number of carboxylic acids is 1. The van der Waals surface area contributed by atoms with Crippen LogP contribution in [0.4, 0.5) is 0 Å². The van der Waals surface area contributed by atoms with E-state index in [-0.39, 0.29) is 0 Å². The molecule has 17 heavy (non-hydrogen) atoms. The Morgan fingerprint density at radius 2 is 1.71 bits per heavy atom. The molecule has 7 heteroatoms. The summed E-state index contributed by atoms with van der Waals surface area (Å²) in [5.74, 6) is 3.25. The molecule has 0 amide bonds. The van der Waals surface area contributed by atoms with Gasteiger partial charge in [-0.25, -0.2) is 0 Å². The molecule has 1 rings (SSSR count). The summed E-state index contributed by atoms with van der Waals surface area (Å²) in [6.07, 6.45) is 0. The summed E-state index contributed by atoms with van der Waals surface area (Å²) >= 11 is 0. The van der Waals surface area contributed by atoms with E-state index < -0.39 is 27.8 Å². The molecule has 0 radical (unpaired) electrons. The Kier molecular flexibility index (Phi) is 5.72. The third-order valence-corrected chi connectivity index (χ3v) is 2.50. The van der Waals surface area contributed by atoms with Crippen LogP contribution in [-0.4, -0.2) is 16.0 Å². The van der Waals surface area contributed by atoms with Gasteiger partial charge >= 0.3 is 99.2 Å². The maximum absolute atomic E-state index is 11.2. The molecule has 0 saturated carbocycles. The van der Waals surface area contributed by atoms with Crippen LogP contribution in [0.15, 0.2) is 30.3 Å². The molecule has 1 aromatic carbocycles. The number of hydrogen-bond donors (Lipinski definition) is 1. The number of carboxylic acid groups (broad SMARTS) is 1. The van der Waals surface area contributed by atoms with Crippen molar-refractivity contribution in [3.63, 3.8) is 0 Å².